The molecule has 288 valence electrons. The van der Waals surface area contributed by atoms with Gasteiger partial charge < -0.3 is 24.6 Å². The number of unbranched alkanes of at least 4 members (excludes halogenated alkanes) is 20. The molecule has 2 amide bonds. The van der Waals surface area contributed by atoms with Gasteiger partial charge in [0.2, 0.25) is 11.8 Å². The molecule has 0 atom stereocenters. The number of carbonyl (C=O) groups excluding carboxylic acids is 4. The van der Waals surface area contributed by atoms with Crippen molar-refractivity contribution in [2.24, 2.45) is 0 Å². The minimum Gasteiger partial charge on any atom is -0.464 e. The summed E-state index contributed by atoms with van der Waals surface area (Å²) >= 11 is 0. The van der Waals surface area contributed by atoms with E-state index in [0.29, 0.717) is 19.4 Å². The lowest BCUT2D eigenvalue weighted by molar-refractivity contribution is -0.147. The Bertz CT molecular complexity index is 763. The van der Waals surface area contributed by atoms with Crippen molar-refractivity contribution in [3.63, 3.8) is 0 Å². The maximum Gasteiger partial charge on any atom is 0.305 e. The Morgan fingerprint density at radius 2 is 0.837 bits per heavy atom. The van der Waals surface area contributed by atoms with Crippen molar-refractivity contribution in [1.82, 2.24) is 15.1 Å². The molecule has 9 nitrogen and oxygen atoms in total. The average molecular weight is 696 g/mol. The molecule has 0 saturated carbocycles. The first-order chi connectivity index (χ1) is 23.8. The lowest BCUT2D eigenvalue weighted by Crippen LogP contribution is -2.38. The summed E-state index contributed by atoms with van der Waals surface area (Å²) in [6.45, 7) is 6.33. The molecule has 0 aromatic heterocycles. The second kappa shape index (κ2) is 35.7. The standard InChI is InChI=1S/C40H77N3O6/c1-5-7-9-11-13-15-17-19-21-23-25-27-39(46)48-35-33-43(38(45)30-29-37(44)41-31-32-42(3)4)34-36-49-40(47)28-26-24-22-20-18-16-14-12-10-8-6-2/h5-36H2,1-4H3,(H,41,44). The van der Waals surface area contributed by atoms with Gasteiger partial charge in [0.25, 0.3) is 0 Å². The molecule has 0 radical (unpaired) electrons. The SMILES string of the molecule is CCCCCCCCCCCCCC(=O)OCCN(CCOC(=O)CCCCCCCCCCCCC)C(=O)CCC(=O)NCCN(C)C. The number of esters is 2. The van der Waals surface area contributed by atoms with E-state index >= 15 is 0 Å². The highest BCUT2D eigenvalue weighted by Crippen LogP contribution is 2.13. The van der Waals surface area contributed by atoms with E-state index in [-0.39, 0.29) is 62.9 Å². The third-order valence-corrected chi connectivity index (χ3v) is 9.02. The van der Waals surface area contributed by atoms with E-state index in [0.717, 1.165) is 45.1 Å². The van der Waals surface area contributed by atoms with E-state index in [1.54, 1.807) is 0 Å². The van der Waals surface area contributed by atoms with E-state index in [2.05, 4.69) is 19.2 Å². The van der Waals surface area contributed by atoms with Gasteiger partial charge in [-0.1, -0.05) is 142 Å². The fraction of sp³-hybridized carbons (Fsp3) is 0.900. The van der Waals surface area contributed by atoms with Gasteiger partial charge in [0.15, 0.2) is 0 Å². The zero-order valence-electron chi connectivity index (χ0n) is 32.5. The summed E-state index contributed by atoms with van der Waals surface area (Å²) in [7, 11) is 3.87. The molecule has 1 N–H and O–H groups in total. The molecule has 0 rings (SSSR count). The molecule has 9 heteroatoms. The van der Waals surface area contributed by atoms with E-state index < -0.39 is 0 Å². The number of likely N-dealkylation sites (N-methyl/N-ethyl adjacent to an activating group) is 1. The van der Waals surface area contributed by atoms with Crippen molar-refractivity contribution in [3.05, 3.63) is 0 Å². The van der Waals surface area contributed by atoms with Gasteiger partial charge in [-0.3, -0.25) is 19.2 Å². The van der Waals surface area contributed by atoms with Crippen molar-refractivity contribution < 1.29 is 28.7 Å². The summed E-state index contributed by atoms with van der Waals surface area (Å²) in [5.74, 6) is -0.887. The highest BCUT2D eigenvalue weighted by molar-refractivity contribution is 5.83. The lowest BCUT2D eigenvalue weighted by Gasteiger charge is -2.22. The van der Waals surface area contributed by atoms with E-state index in [1.165, 1.54) is 108 Å². The molecule has 0 heterocycles. The summed E-state index contributed by atoms with van der Waals surface area (Å²) in [6.07, 6.45) is 27.8. The number of ether oxygens (including phenoxy) is 2. The van der Waals surface area contributed by atoms with Crippen LogP contribution in [0, 0.1) is 0 Å². The van der Waals surface area contributed by atoms with Gasteiger partial charge >= 0.3 is 11.9 Å². The zero-order chi connectivity index (χ0) is 36.2. The van der Waals surface area contributed by atoms with Crippen LogP contribution in [0.1, 0.15) is 181 Å². The Kier molecular flexibility index (Phi) is 34.1. The van der Waals surface area contributed by atoms with E-state index in [9.17, 15) is 19.2 Å². The van der Waals surface area contributed by atoms with Gasteiger partial charge in [-0.25, -0.2) is 0 Å². The first-order valence-corrected chi connectivity index (χ1v) is 20.3. The summed E-state index contributed by atoms with van der Waals surface area (Å²) < 4.78 is 10.9. The third kappa shape index (κ3) is 34.1. The van der Waals surface area contributed by atoms with Gasteiger partial charge in [0, 0.05) is 38.8 Å². The largest absolute Gasteiger partial charge is 0.464 e. The van der Waals surface area contributed by atoms with Gasteiger partial charge in [0.1, 0.15) is 13.2 Å². The minimum absolute atomic E-state index is 0.0488. The maximum atomic E-state index is 13.0. The molecule has 0 spiro atoms. The van der Waals surface area contributed by atoms with Crippen LogP contribution in [0.2, 0.25) is 0 Å². The number of hydrogen-bond acceptors (Lipinski definition) is 7. The summed E-state index contributed by atoms with van der Waals surface area (Å²) in [5.41, 5.74) is 0. The maximum absolute atomic E-state index is 13.0. The van der Waals surface area contributed by atoms with Gasteiger partial charge in [-0.15, -0.1) is 0 Å². The summed E-state index contributed by atoms with van der Waals surface area (Å²) in [6, 6.07) is 0. The summed E-state index contributed by atoms with van der Waals surface area (Å²) in [5, 5.41) is 2.83. The lowest BCUT2D eigenvalue weighted by atomic mass is 10.1. The zero-order valence-corrected chi connectivity index (χ0v) is 32.5. The molecule has 0 bridgehead atoms. The van der Waals surface area contributed by atoms with Crippen LogP contribution in [-0.4, -0.2) is 87.0 Å². The number of amides is 2. The van der Waals surface area contributed by atoms with Crippen molar-refractivity contribution in [2.45, 2.75) is 181 Å². The van der Waals surface area contributed by atoms with Crippen molar-refractivity contribution >= 4 is 23.8 Å². The van der Waals surface area contributed by atoms with Crippen LogP contribution >= 0.6 is 0 Å². The quantitative estimate of drug-likeness (QED) is 0.0516. The average Bonchev–Trinajstić information content (AvgIpc) is 3.07. The van der Waals surface area contributed by atoms with Crippen LogP contribution in [0.4, 0.5) is 0 Å². The first kappa shape index (κ1) is 46.8. The molecule has 0 aliphatic carbocycles. The highest BCUT2D eigenvalue weighted by atomic mass is 16.5. The van der Waals surface area contributed by atoms with Gasteiger partial charge in [0.05, 0.1) is 13.1 Å². The molecule has 0 aliphatic rings. The summed E-state index contributed by atoms with van der Waals surface area (Å²) in [4.78, 5) is 53.4. The van der Waals surface area contributed by atoms with Crippen molar-refractivity contribution in [2.75, 3.05) is 53.5 Å². The predicted molar refractivity (Wildman–Crippen MR) is 201 cm³/mol. The fourth-order valence-electron chi connectivity index (χ4n) is 5.80. The number of nitrogens with one attached hydrogen (secondary N) is 1. The van der Waals surface area contributed by atoms with Crippen molar-refractivity contribution in [1.29, 1.82) is 0 Å². The van der Waals surface area contributed by atoms with E-state index in [1.807, 2.05) is 19.0 Å². The molecule has 0 unspecified atom stereocenters. The van der Waals surface area contributed by atoms with Gasteiger partial charge in [-0.2, -0.15) is 0 Å². The number of rotatable bonds is 36. The Balaban J connectivity index is 4.35. The third-order valence-electron chi connectivity index (χ3n) is 9.02. The Hall–Kier alpha value is -2.16. The highest BCUT2D eigenvalue weighted by Gasteiger charge is 2.17. The Morgan fingerprint density at radius 3 is 1.20 bits per heavy atom. The van der Waals surface area contributed by atoms with Crippen LogP contribution in [-0.2, 0) is 28.7 Å². The fourth-order valence-corrected chi connectivity index (χ4v) is 5.80. The van der Waals surface area contributed by atoms with Crippen LogP contribution in [0.15, 0.2) is 0 Å². The monoisotopic (exact) mass is 696 g/mol. The molecule has 0 aromatic carbocycles. The second-order valence-electron chi connectivity index (χ2n) is 14.0. The van der Waals surface area contributed by atoms with Crippen LogP contribution in [0.5, 0.6) is 0 Å². The van der Waals surface area contributed by atoms with Crippen molar-refractivity contribution in [3.8, 4) is 0 Å². The topological polar surface area (TPSA) is 105 Å². The number of hydrogen-bond donors (Lipinski definition) is 1. The molecule has 0 aromatic rings. The smallest absolute Gasteiger partial charge is 0.305 e. The van der Waals surface area contributed by atoms with E-state index in [4.69, 9.17) is 9.47 Å². The van der Waals surface area contributed by atoms with Crippen LogP contribution in [0.3, 0.4) is 0 Å². The molecule has 49 heavy (non-hydrogen) atoms. The molecule has 0 saturated heterocycles. The predicted octanol–water partition coefficient (Wildman–Crippen LogP) is 8.76. The molecular formula is C40H77N3O6. The molecular weight excluding hydrogens is 618 g/mol. The Morgan fingerprint density at radius 1 is 0.469 bits per heavy atom. The van der Waals surface area contributed by atoms with Crippen LogP contribution < -0.4 is 5.32 Å². The normalized spacial score (nSPS) is 11.1. The number of carbonyl (C=O) groups is 4. The second-order valence-corrected chi connectivity index (χ2v) is 14.0. The molecule has 0 aliphatic heterocycles. The van der Waals surface area contributed by atoms with Gasteiger partial charge in [-0.05, 0) is 26.9 Å². The minimum atomic E-state index is -0.248. The Labute approximate surface area is 301 Å². The molecule has 0 fully saturated rings. The first-order valence-electron chi connectivity index (χ1n) is 20.3. The van der Waals surface area contributed by atoms with Crippen LogP contribution in [0.25, 0.3) is 0 Å². The number of nitrogens with zero attached hydrogens (tertiary/aromatic N) is 2.